The Balaban J connectivity index is 1.42. The molecule has 3 aromatic rings. The van der Waals surface area contributed by atoms with Crippen LogP contribution < -0.4 is 10.6 Å². The highest BCUT2D eigenvalue weighted by Gasteiger charge is 2.16. The van der Waals surface area contributed by atoms with Crippen LogP contribution in [0.3, 0.4) is 0 Å². The van der Waals surface area contributed by atoms with Gasteiger partial charge in [0.05, 0.1) is 0 Å². The molecule has 28 heavy (non-hydrogen) atoms. The van der Waals surface area contributed by atoms with Gasteiger partial charge in [-0.05, 0) is 35.2 Å². The molecule has 0 fully saturated rings. The van der Waals surface area contributed by atoms with E-state index in [1.54, 1.807) is 12.1 Å². The van der Waals surface area contributed by atoms with Gasteiger partial charge in [-0.2, -0.15) is 4.89 Å². The Bertz CT molecular complexity index is 851. The quantitative estimate of drug-likeness (QED) is 0.349. The lowest BCUT2D eigenvalue weighted by Gasteiger charge is -2.12. The van der Waals surface area contributed by atoms with Gasteiger partial charge in [0.15, 0.2) is 5.75 Å². The average molecular weight is 377 g/mol. The summed E-state index contributed by atoms with van der Waals surface area (Å²) in [7, 11) is 0. The number of nitrogens with two attached hydrogens (primary N) is 1. The molecule has 3 aromatic carbocycles. The first-order valence-electron chi connectivity index (χ1n) is 9.09. The molecule has 0 unspecified atom stereocenters. The molecular weight excluding hydrogens is 354 g/mol. The molecule has 0 spiro atoms. The van der Waals surface area contributed by atoms with Crippen LogP contribution in [0.25, 0.3) is 0 Å². The van der Waals surface area contributed by atoms with Crippen molar-refractivity contribution in [3.8, 4) is 5.75 Å². The molecule has 144 valence electrons. The maximum atomic E-state index is 12.1. The second kappa shape index (κ2) is 10.3. The molecular formula is C23H23NO4. The van der Waals surface area contributed by atoms with E-state index in [0.29, 0.717) is 18.8 Å². The van der Waals surface area contributed by atoms with Gasteiger partial charge in [0.25, 0.3) is 0 Å². The molecule has 0 radical (unpaired) electrons. The van der Waals surface area contributed by atoms with Crippen LogP contribution in [0.15, 0.2) is 84.9 Å². The van der Waals surface area contributed by atoms with Crippen LogP contribution in [-0.2, 0) is 34.1 Å². The van der Waals surface area contributed by atoms with Gasteiger partial charge in [0.1, 0.15) is 19.3 Å². The zero-order valence-corrected chi connectivity index (χ0v) is 15.5. The molecule has 0 heterocycles. The van der Waals surface area contributed by atoms with Gasteiger partial charge in [-0.1, -0.05) is 72.8 Å². The Morgan fingerprint density at radius 1 is 0.750 bits per heavy atom. The summed E-state index contributed by atoms with van der Waals surface area (Å²) in [6, 6.07) is 25.8. The van der Waals surface area contributed by atoms with Gasteiger partial charge in [-0.15, -0.1) is 0 Å². The van der Waals surface area contributed by atoms with Gasteiger partial charge in [-0.3, -0.25) is 4.79 Å². The molecule has 3 rings (SSSR count). The number of hydrogen-bond acceptors (Lipinski definition) is 5. The zero-order chi connectivity index (χ0) is 19.6. The molecule has 0 aliphatic carbocycles. The van der Waals surface area contributed by atoms with Gasteiger partial charge in [-0.25, -0.2) is 0 Å². The van der Waals surface area contributed by atoms with Crippen LogP contribution in [-0.4, -0.2) is 12.0 Å². The highest BCUT2D eigenvalue weighted by molar-refractivity contribution is 5.75. The molecule has 0 saturated heterocycles. The largest absolute Gasteiger partial charge is 0.460 e. The SMILES string of the molecule is N[C@@H](Cc1ccc(OOCc2ccccc2)cc1)C(=O)OCc1ccccc1. The first-order chi connectivity index (χ1) is 13.7. The summed E-state index contributed by atoms with van der Waals surface area (Å²) < 4.78 is 5.27. The Kier molecular flexibility index (Phi) is 7.18. The van der Waals surface area contributed by atoms with Crippen LogP contribution in [0.4, 0.5) is 0 Å². The van der Waals surface area contributed by atoms with Crippen molar-refractivity contribution >= 4 is 5.97 Å². The number of hydrogen-bond donors (Lipinski definition) is 1. The summed E-state index contributed by atoms with van der Waals surface area (Å²) in [5.41, 5.74) is 8.84. The van der Waals surface area contributed by atoms with Gasteiger partial charge < -0.3 is 15.4 Å². The normalized spacial score (nSPS) is 11.6. The minimum absolute atomic E-state index is 0.221. The van der Waals surface area contributed by atoms with E-state index < -0.39 is 12.0 Å². The van der Waals surface area contributed by atoms with Crippen molar-refractivity contribution in [2.45, 2.75) is 25.7 Å². The third-order valence-electron chi connectivity index (χ3n) is 4.13. The maximum absolute atomic E-state index is 12.1. The molecule has 0 amide bonds. The fourth-order valence-electron chi connectivity index (χ4n) is 2.59. The van der Waals surface area contributed by atoms with E-state index in [2.05, 4.69) is 0 Å². The predicted molar refractivity (Wildman–Crippen MR) is 106 cm³/mol. The standard InChI is InChI=1S/C23H23NO4/c24-22(23(25)26-16-19-7-3-1-4-8-19)15-18-11-13-21(14-12-18)28-27-17-20-9-5-2-6-10-20/h1-14,22H,15-17,24H2/t22-/m0/s1. The first-order valence-corrected chi connectivity index (χ1v) is 9.09. The van der Waals surface area contributed by atoms with Crippen molar-refractivity contribution in [1.82, 2.24) is 0 Å². The van der Waals surface area contributed by atoms with Crippen LogP contribution in [0.1, 0.15) is 16.7 Å². The molecule has 0 bridgehead atoms. The molecule has 2 N–H and O–H groups in total. The van der Waals surface area contributed by atoms with E-state index in [4.69, 9.17) is 20.2 Å². The van der Waals surface area contributed by atoms with Crippen molar-refractivity contribution in [2.75, 3.05) is 0 Å². The summed E-state index contributed by atoms with van der Waals surface area (Å²) in [6.07, 6.45) is 0.388. The van der Waals surface area contributed by atoms with Crippen LogP contribution in [0.5, 0.6) is 5.75 Å². The maximum Gasteiger partial charge on any atom is 0.323 e. The minimum atomic E-state index is -0.718. The third-order valence-corrected chi connectivity index (χ3v) is 4.13. The number of ether oxygens (including phenoxy) is 1. The molecule has 5 nitrogen and oxygen atoms in total. The van der Waals surface area contributed by atoms with Gasteiger partial charge in [0, 0.05) is 0 Å². The fourth-order valence-corrected chi connectivity index (χ4v) is 2.59. The number of carbonyl (C=O) groups is 1. The summed E-state index contributed by atoms with van der Waals surface area (Å²) >= 11 is 0. The summed E-state index contributed by atoms with van der Waals surface area (Å²) in [5, 5.41) is 0. The highest BCUT2D eigenvalue weighted by Crippen LogP contribution is 2.15. The second-order valence-corrected chi connectivity index (χ2v) is 6.38. The molecule has 0 saturated carbocycles. The lowest BCUT2D eigenvalue weighted by atomic mass is 10.1. The predicted octanol–water partition coefficient (Wildman–Crippen LogP) is 3.81. The van der Waals surface area contributed by atoms with Crippen molar-refractivity contribution in [3.63, 3.8) is 0 Å². The Morgan fingerprint density at radius 2 is 1.32 bits per heavy atom. The average Bonchev–Trinajstić information content (AvgIpc) is 2.75. The number of esters is 1. The van der Waals surface area contributed by atoms with Crippen LogP contribution >= 0.6 is 0 Å². The van der Waals surface area contributed by atoms with Crippen LogP contribution in [0.2, 0.25) is 0 Å². The van der Waals surface area contributed by atoms with Crippen molar-refractivity contribution < 1.29 is 19.3 Å². The lowest BCUT2D eigenvalue weighted by Crippen LogP contribution is -2.34. The van der Waals surface area contributed by atoms with E-state index in [1.165, 1.54) is 0 Å². The Hall–Kier alpha value is -3.15. The zero-order valence-electron chi connectivity index (χ0n) is 15.5. The lowest BCUT2D eigenvalue weighted by molar-refractivity contribution is -0.217. The Labute approximate surface area is 164 Å². The Morgan fingerprint density at radius 3 is 1.93 bits per heavy atom. The van der Waals surface area contributed by atoms with E-state index >= 15 is 0 Å². The van der Waals surface area contributed by atoms with E-state index in [9.17, 15) is 4.79 Å². The summed E-state index contributed by atoms with van der Waals surface area (Å²) in [6.45, 7) is 0.583. The van der Waals surface area contributed by atoms with E-state index in [-0.39, 0.29) is 6.61 Å². The molecule has 0 aromatic heterocycles. The van der Waals surface area contributed by atoms with Crippen molar-refractivity contribution in [1.29, 1.82) is 0 Å². The molecule has 0 aliphatic heterocycles. The summed E-state index contributed by atoms with van der Waals surface area (Å²) in [5.74, 6) is 0.162. The second-order valence-electron chi connectivity index (χ2n) is 6.38. The van der Waals surface area contributed by atoms with E-state index in [0.717, 1.165) is 16.7 Å². The minimum Gasteiger partial charge on any atom is -0.460 e. The van der Waals surface area contributed by atoms with E-state index in [1.807, 2.05) is 72.8 Å². The fraction of sp³-hybridized carbons (Fsp3) is 0.174. The van der Waals surface area contributed by atoms with Gasteiger partial charge in [0.2, 0.25) is 0 Å². The number of rotatable bonds is 9. The first kappa shape index (κ1) is 19.6. The smallest absolute Gasteiger partial charge is 0.323 e. The van der Waals surface area contributed by atoms with Crippen molar-refractivity contribution in [3.05, 3.63) is 102 Å². The summed E-state index contributed by atoms with van der Waals surface area (Å²) in [4.78, 5) is 22.6. The topological polar surface area (TPSA) is 70.8 Å². The molecule has 0 aliphatic rings. The van der Waals surface area contributed by atoms with Crippen LogP contribution in [0, 0.1) is 0 Å². The van der Waals surface area contributed by atoms with Crippen molar-refractivity contribution in [2.24, 2.45) is 5.73 Å². The monoisotopic (exact) mass is 377 g/mol. The number of carbonyl (C=O) groups excluding carboxylic acids is 1. The molecule has 5 heteroatoms. The highest BCUT2D eigenvalue weighted by atomic mass is 17.2. The third kappa shape index (κ3) is 6.23. The van der Waals surface area contributed by atoms with Gasteiger partial charge >= 0.3 is 5.97 Å². The number of benzene rings is 3. The molecule has 1 atom stereocenters.